The van der Waals surface area contributed by atoms with Gasteiger partial charge in [-0.15, -0.1) is 0 Å². The van der Waals surface area contributed by atoms with E-state index in [2.05, 4.69) is 46.9 Å². The molecule has 3 aromatic rings. The van der Waals surface area contributed by atoms with Crippen LogP contribution in [-0.4, -0.2) is 58.6 Å². The predicted molar refractivity (Wildman–Crippen MR) is 134 cm³/mol. The van der Waals surface area contributed by atoms with Crippen molar-refractivity contribution in [3.05, 3.63) is 89.0 Å². The van der Waals surface area contributed by atoms with E-state index >= 15 is 0 Å². The summed E-state index contributed by atoms with van der Waals surface area (Å²) in [6, 6.07) is 16.1. The summed E-state index contributed by atoms with van der Waals surface area (Å²) in [4.78, 5) is 25.8. The fraction of sp³-hybridized carbons (Fsp3) is 0.393. The van der Waals surface area contributed by atoms with Crippen molar-refractivity contribution >= 4 is 6.09 Å². The minimum absolute atomic E-state index is 0.264. The van der Waals surface area contributed by atoms with Crippen molar-refractivity contribution in [2.24, 2.45) is 0 Å². The maximum absolute atomic E-state index is 12.6. The molecule has 1 fully saturated rings. The number of aromatic nitrogens is 2. The lowest BCUT2D eigenvalue weighted by Crippen LogP contribution is -2.49. The van der Waals surface area contributed by atoms with Gasteiger partial charge < -0.3 is 9.64 Å². The number of hydrogen-bond acceptors (Lipinski definition) is 5. The van der Waals surface area contributed by atoms with Crippen LogP contribution in [0.2, 0.25) is 0 Å². The lowest BCUT2D eigenvalue weighted by molar-refractivity contribution is 0.110. The number of rotatable bonds is 8. The summed E-state index contributed by atoms with van der Waals surface area (Å²) < 4.78 is 5.62. The number of amides is 1. The highest BCUT2D eigenvalue weighted by Crippen LogP contribution is 2.16. The van der Waals surface area contributed by atoms with Crippen LogP contribution in [0.4, 0.5) is 4.79 Å². The van der Waals surface area contributed by atoms with Gasteiger partial charge in [0, 0.05) is 50.0 Å². The number of hydrogen-bond donors (Lipinski definition) is 0. The van der Waals surface area contributed by atoms with Crippen molar-refractivity contribution < 1.29 is 9.53 Å². The molecule has 3 heterocycles. The molecule has 4 rings (SSSR count). The molecule has 1 aromatic carbocycles. The minimum atomic E-state index is -0.264. The molecule has 1 aliphatic rings. The number of carbonyl (C=O) groups excluding carboxylic acids is 1. The first kappa shape index (κ1) is 23.9. The molecule has 1 aliphatic heterocycles. The molecule has 178 valence electrons. The quantitative estimate of drug-likeness (QED) is 0.493. The number of pyridine rings is 2. The van der Waals surface area contributed by atoms with Gasteiger partial charge in [0.25, 0.3) is 0 Å². The van der Waals surface area contributed by atoms with Crippen molar-refractivity contribution in [2.75, 3.05) is 32.7 Å². The van der Waals surface area contributed by atoms with Gasteiger partial charge in [-0.1, -0.05) is 24.3 Å². The number of aryl methyl sites for hydroxylation is 5. The molecule has 6 heteroatoms. The van der Waals surface area contributed by atoms with E-state index in [1.54, 1.807) is 4.90 Å². The van der Waals surface area contributed by atoms with Gasteiger partial charge in [-0.3, -0.25) is 14.9 Å². The van der Waals surface area contributed by atoms with Crippen molar-refractivity contribution in [3.8, 4) is 5.75 Å². The smallest absolute Gasteiger partial charge is 0.410 e. The second kappa shape index (κ2) is 11.7. The Kier molecular flexibility index (Phi) is 8.26. The van der Waals surface area contributed by atoms with Crippen molar-refractivity contribution in [3.63, 3.8) is 0 Å². The Bertz CT molecular complexity index is 1060. The summed E-state index contributed by atoms with van der Waals surface area (Å²) in [6.45, 7) is 8.32. The van der Waals surface area contributed by atoms with Crippen LogP contribution in [0.3, 0.4) is 0 Å². The lowest BCUT2D eigenvalue weighted by Gasteiger charge is -2.34. The number of benzene rings is 1. The summed E-state index contributed by atoms with van der Waals surface area (Å²) in [5.74, 6) is 0.593. The van der Waals surface area contributed by atoms with E-state index in [0.717, 1.165) is 56.7 Å². The molecule has 6 nitrogen and oxygen atoms in total. The van der Waals surface area contributed by atoms with Crippen LogP contribution in [0, 0.1) is 13.8 Å². The molecule has 1 amide bonds. The van der Waals surface area contributed by atoms with Gasteiger partial charge in [-0.2, -0.15) is 0 Å². The zero-order valence-corrected chi connectivity index (χ0v) is 20.2. The minimum Gasteiger partial charge on any atom is -0.410 e. The average Bonchev–Trinajstić information content (AvgIpc) is 2.86. The van der Waals surface area contributed by atoms with Crippen LogP contribution in [0.5, 0.6) is 5.75 Å². The predicted octanol–water partition coefficient (Wildman–Crippen LogP) is 4.63. The van der Waals surface area contributed by atoms with Gasteiger partial charge in [0.2, 0.25) is 0 Å². The molecular formula is C28H34N4O2. The zero-order chi connectivity index (χ0) is 23.8. The van der Waals surface area contributed by atoms with Crippen molar-refractivity contribution in [1.29, 1.82) is 0 Å². The van der Waals surface area contributed by atoms with E-state index in [9.17, 15) is 4.79 Å². The molecule has 0 unspecified atom stereocenters. The Morgan fingerprint density at radius 1 is 0.912 bits per heavy atom. The first-order valence-corrected chi connectivity index (χ1v) is 12.2. The third kappa shape index (κ3) is 6.87. The fourth-order valence-electron chi connectivity index (χ4n) is 4.22. The average molecular weight is 459 g/mol. The van der Waals surface area contributed by atoms with Crippen LogP contribution in [0.25, 0.3) is 0 Å². The number of ether oxygens (including phenoxy) is 1. The lowest BCUT2D eigenvalue weighted by atomic mass is 10.1. The molecule has 0 bridgehead atoms. The maximum atomic E-state index is 12.6. The second-order valence-electron chi connectivity index (χ2n) is 9.04. The van der Waals surface area contributed by atoms with Crippen LogP contribution >= 0.6 is 0 Å². The van der Waals surface area contributed by atoms with Gasteiger partial charge in [-0.05, 0) is 87.0 Å². The molecule has 2 aromatic heterocycles. The third-order valence-electron chi connectivity index (χ3n) is 6.41. The Balaban J connectivity index is 1.16. The van der Waals surface area contributed by atoms with Crippen LogP contribution in [0.15, 0.2) is 60.9 Å². The first-order valence-electron chi connectivity index (χ1n) is 12.2. The van der Waals surface area contributed by atoms with Gasteiger partial charge in [0.1, 0.15) is 5.75 Å². The highest BCUT2D eigenvalue weighted by atomic mass is 16.6. The Morgan fingerprint density at radius 3 is 2.41 bits per heavy atom. The molecule has 0 radical (unpaired) electrons. The van der Waals surface area contributed by atoms with E-state index in [1.165, 1.54) is 16.7 Å². The second-order valence-corrected chi connectivity index (χ2v) is 9.04. The molecule has 0 aliphatic carbocycles. The number of nitrogens with zero attached hydrogens (tertiary/aromatic N) is 4. The first-order chi connectivity index (χ1) is 16.6. The highest BCUT2D eigenvalue weighted by molar-refractivity contribution is 5.70. The third-order valence-corrected chi connectivity index (χ3v) is 6.41. The summed E-state index contributed by atoms with van der Waals surface area (Å²) in [7, 11) is 0. The van der Waals surface area contributed by atoms with Gasteiger partial charge in [0.05, 0.1) is 0 Å². The Labute approximate surface area is 202 Å². The molecule has 34 heavy (non-hydrogen) atoms. The van der Waals surface area contributed by atoms with Crippen LogP contribution in [0.1, 0.15) is 34.5 Å². The molecule has 0 spiro atoms. The zero-order valence-electron chi connectivity index (χ0n) is 20.2. The highest BCUT2D eigenvalue weighted by Gasteiger charge is 2.22. The number of carbonyl (C=O) groups is 1. The van der Waals surface area contributed by atoms with E-state index < -0.39 is 0 Å². The van der Waals surface area contributed by atoms with E-state index in [-0.39, 0.29) is 6.09 Å². The summed E-state index contributed by atoms with van der Waals surface area (Å²) in [5, 5.41) is 0. The van der Waals surface area contributed by atoms with Crippen LogP contribution in [-0.2, 0) is 19.3 Å². The van der Waals surface area contributed by atoms with Gasteiger partial charge in [-0.25, -0.2) is 4.79 Å². The number of piperazine rings is 1. The Morgan fingerprint density at radius 2 is 1.71 bits per heavy atom. The SMILES string of the molecule is Cc1ccc(CCCN2CCN(C(=O)Oc3ccc(CCc4ncccc4C)cc3)CC2)nc1. The fourth-order valence-corrected chi connectivity index (χ4v) is 4.22. The molecule has 1 saturated heterocycles. The van der Waals surface area contributed by atoms with Gasteiger partial charge in [0.15, 0.2) is 0 Å². The maximum Gasteiger partial charge on any atom is 0.415 e. The van der Waals surface area contributed by atoms with E-state index in [4.69, 9.17) is 4.74 Å². The van der Waals surface area contributed by atoms with E-state index in [1.807, 2.05) is 42.7 Å². The van der Waals surface area contributed by atoms with Gasteiger partial charge >= 0.3 is 6.09 Å². The topological polar surface area (TPSA) is 58.6 Å². The standard InChI is InChI=1S/C28H34N4O2/c1-22-7-11-25(30-21-22)6-4-16-31-17-19-32(20-18-31)28(33)34-26-12-8-24(9-13-26)10-14-27-23(2)5-3-15-29-27/h3,5,7-9,11-13,15,21H,4,6,10,14,16-20H2,1-2H3. The molecular weight excluding hydrogens is 424 g/mol. The molecule has 0 atom stereocenters. The summed E-state index contributed by atoms with van der Waals surface area (Å²) >= 11 is 0. The Hall–Kier alpha value is -3.25. The van der Waals surface area contributed by atoms with Crippen LogP contribution < -0.4 is 4.74 Å². The molecule has 0 saturated carbocycles. The summed E-state index contributed by atoms with van der Waals surface area (Å²) in [6.07, 6.45) is 7.38. The molecule has 0 N–H and O–H groups in total. The van der Waals surface area contributed by atoms with E-state index in [0.29, 0.717) is 18.8 Å². The monoisotopic (exact) mass is 458 g/mol. The largest absolute Gasteiger partial charge is 0.415 e. The normalized spacial score (nSPS) is 14.2. The van der Waals surface area contributed by atoms with Crippen molar-refractivity contribution in [1.82, 2.24) is 19.8 Å². The van der Waals surface area contributed by atoms with Crippen molar-refractivity contribution in [2.45, 2.75) is 39.5 Å². The summed E-state index contributed by atoms with van der Waals surface area (Å²) in [5.41, 5.74) is 5.89.